The van der Waals surface area contributed by atoms with Gasteiger partial charge in [-0.25, -0.2) is 0 Å². The molecule has 0 bridgehead atoms. The monoisotopic (exact) mass is 450 g/mol. The van der Waals surface area contributed by atoms with Gasteiger partial charge >= 0.3 is 0 Å². The third-order valence-electron chi connectivity index (χ3n) is 7.66. The number of aryl methyl sites for hydroxylation is 1. The number of benzene rings is 1. The van der Waals surface area contributed by atoms with Crippen molar-refractivity contribution >= 4 is 0 Å². The summed E-state index contributed by atoms with van der Waals surface area (Å²) in [6.45, 7) is 21.2. The maximum Gasteiger partial charge on any atom is 0.0624 e. The maximum atomic E-state index is 9.27. The van der Waals surface area contributed by atoms with E-state index in [0.29, 0.717) is 41.9 Å². The summed E-state index contributed by atoms with van der Waals surface area (Å²) in [5.41, 5.74) is 11.0. The number of nitriles is 1. The van der Waals surface area contributed by atoms with Gasteiger partial charge in [0.2, 0.25) is 0 Å². The van der Waals surface area contributed by atoms with E-state index in [-0.39, 0.29) is 0 Å². The number of rotatable bonds is 7. The molecule has 184 valence electrons. The van der Waals surface area contributed by atoms with Gasteiger partial charge in [0.15, 0.2) is 0 Å². The van der Waals surface area contributed by atoms with Gasteiger partial charge in [-0.2, -0.15) is 5.26 Å². The summed E-state index contributed by atoms with van der Waals surface area (Å²) < 4.78 is 0. The van der Waals surface area contributed by atoms with Crippen LogP contribution in [0.4, 0.5) is 0 Å². The molecule has 2 saturated carbocycles. The highest BCUT2D eigenvalue weighted by atomic mass is 14.6. The van der Waals surface area contributed by atoms with Gasteiger partial charge in [-0.3, -0.25) is 0 Å². The number of nitrogens with zero attached hydrogens (tertiary/aromatic N) is 1. The van der Waals surface area contributed by atoms with Crippen LogP contribution in [0.2, 0.25) is 0 Å². The number of hydrogen-bond acceptors (Lipinski definition) is 2. The molecule has 2 fully saturated rings. The van der Waals surface area contributed by atoms with E-state index in [0.717, 1.165) is 18.5 Å². The number of hydrogen-bond donors (Lipinski definition) is 1. The van der Waals surface area contributed by atoms with Crippen LogP contribution in [0.1, 0.15) is 90.7 Å². The van der Waals surface area contributed by atoms with Crippen molar-refractivity contribution in [2.24, 2.45) is 41.2 Å². The average molecular weight is 451 g/mol. The Balaban J connectivity index is 0.00000129. The Kier molecular flexibility index (Phi) is 13.2. The summed E-state index contributed by atoms with van der Waals surface area (Å²) in [5, 5.41) is 9.27. The largest absolute Gasteiger partial charge is 0.402 e. The van der Waals surface area contributed by atoms with E-state index in [2.05, 4.69) is 57.3 Å². The highest BCUT2D eigenvalue weighted by Gasteiger charge is 2.48. The lowest BCUT2D eigenvalue weighted by Gasteiger charge is -2.53. The van der Waals surface area contributed by atoms with Crippen molar-refractivity contribution in [2.45, 2.75) is 92.9 Å². The van der Waals surface area contributed by atoms with Crippen molar-refractivity contribution < 1.29 is 0 Å². The van der Waals surface area contributed by atoms with E-state index in [1.54, 1.807) is 0 Å². The van der Waals surface area contributed by atoms with Gasteiger partial charge in [0.1, 0.15) is 0 Å². The highest BCUT2D eigenvalue weighted by molar-refractivity contribution is 5.26. The molecule has 0 aliphatic heterocycles. The van der Waals surface area contributed by atoms with Crippen LogP contribution in [0.25, 0.3) is 0 Å². The topological polar surface area (TPSA) is 49.8 Å². The molecule has 0 heterocycles. The molecule has 0 aromatic heterocycles. The Morgan fingerprint density at radius 2 is 1.70 bits per heavy atom. The zero-order valence-electron chi connectivity index (χ0n) is 22.4. The fourth-order valence-corrected chi connectivity index (χ4v) is 6.32. The Hall–Kier alpha value is -2.01. The summed E-state index contributed by atoms with van der Waals surface area (Å²) in [6.07, 6.45) is 8.71. The summed E-state index contributed by atoms with van der Waals surface area (Å²) in [7, 11) is 0. The van der Waals surface area contributed by atoms with Gasteiger partial charge in [-0.05, 0) is 86.5 Å². The number of fused-ring (bicyclic) bond motifs is 1. The smallest absolute Gasteiger partial charge is 0.0624 e. The predicted octanol–water partition coefficient (Wildman–Crippen LogP) is 8.62. The van der Waals surface area contributed by atoms with Crippen LogP contribution in [-0.4, -0.2) is 0 Å². The third-order valence-corrected chi connectivity index (χ3v) is 7.66. The molecule has 0 spiro atoms. The predicted molar refractivity (Wildman–Crippen MR) is 145 cm³/mol. The lowest BCUT2D eigenvalue weighted by atomic mass is 9.52. The molecule has 2 nitrogen and oxygen atoms in total. The molecular weight excluding hydrogens is 400 g/mol. The maximum absolute atomic E-state index is 9.27. The van der Waals surface area contributed by atoms with Crippen LogP contribution in [0, 0.1) is 53.8 Å². The van der Waals surface area contributed by atoms with E-state index < -0.39 is 0 Å². The molecule has 0 saturated heterocycles. The summed E-state index contributed by atoms with van der Waals surface area (Å²) >= 11 is 0. The summed E-state index contributed by atoms with van der Waals surface area (Å²) in [4.78, 5) is 0. The Morgan fingerprint density at radius 3 is 2.24 bits per heavy atom. The normalized spacial score (nSPS) is 28.2. The Labute approximate surface area is 205 Å². The van der Waals surface area contributed by atoms with Crippen LogP contribution in [0.3, 0.4) is 0 Å². The van der Waals surface area contributed by atoms with Crippen LogP contribution < -0.4 is 5.73 Å². The fraction of sp³-hybridized carbons (Fsp3) is 0.645. The van der Waals surface area contributed by atoms with E-state index in [1.807, 2.05) is 27.7 Å². The van der Waals surface area contributed by atoms with E-state index in [9.17, 15) is 5.26 Å². The second-order valence-corrected chi connectivity index (χ2v) is 9.66. The lowest BCUT2D eigenvalue weighted by molar-refractivity contribution is 0.0238. The minimum atomic E-state index is 0.435. The third kappa shape index (κ3) is 7.77. The van der Waals surface area contributed by atoms with E-state index >= 15 is 0 Å². The molecule has 2 heteroatoms. The molecule has 2 aliphatic carbocycles. The zero-order chi connectivity index (χ0) is 25.0. The lowest BCUT2D eigenvalue weighted by Crippen LogP contribution is -2.45. The molecule has 1 aromatic carbocycles. The zero-order valence-corrected chi connectivity index (χ0v) is 22.4. The van der Waals surface area contributed by atoms with E-state index in [1.165, 1.54) is 48.8 Å². The Bertz CT molecular complexity index is 754. The molecule has 0 amide bonds. The first-order valence-corrected chi connectivity index (χ1v) is 13.5. The van der Waals surface area contributed by atoms with Crippen LogP contribution in [0.15, 0.2) is 48.7 Å². The standard InChI is InChI=1S/C27H38N2.2C2H6/c1-5-6-23-25(15-19(3)29)20(4)26(16-21-9-7-18(2)8-10-21)24-12-11-22(13-14-28)17-27(23)24;2*1-2/h7-10,22-27H,3-6,11-13,15-17,29H2,1-2H3;2*1-2H3/t22?,23-,24?,25+,26+,27-;;/m0../s1. The molecule has 0 radical (unpaired) electrons. The molecule has 2 N–H and O–H groups in total. The second-order valence-electron chi connectivity index (χ2n) is 9.66. The SMILES string of the molecule is C=C(N)C[C@@H]1C(=C)[C@@H](Cc2ccc(C)cc2)C2CCC(CC#N)C[C@H]2[C@H]1CCC.CC.CC. The van der Waals surface area contributed by atoms with Crippen molar-refractivity contribution in [3.8, 4) is 6.07 Å². The molecular formula is C31H50N2. The van der Waals surface area contributed by atoms with Gasteiger partial charge in [0, 0.05) is 12.1 Å². The Morgan fingerprint density at radius 1 is 1.06 bits per heavy atom. The molecule has 2 aliphatic rings. The van der Waals surface area contributed by atoms with Crippen LogP contribution in [-0.2, 0) is 6.42 Å². The minimum absolute atomic E-state index is 0.435. The van der Waals surface area contributed by atoms with Crippen molar-refractivity contribution in [3.05, 3.63) is 59.8 Å². The van der Waals surface area contributed by atoms with Gasteiger partial charge in [0.05, 0.1) is 6.07 Å². The molecule has 1 aromatic rings. The van der Waals surface area contributed by atoms with Gasteiger partial charge in [0.25, 0.3) is 0 Å². The van der Waals surface area contributed by atoms with Crippen molar-refractivity contribution in [2.75, 3.05) is 0 Å². The first-order chi connectivity index (χ1) is 15.9. The highest BCUT2D eigenvalue weighted by Crippen LogP contribution is 2.55. The quantitative estimate of drug-likeness (QED) is 0.423. The second kappa shape index (κ2) is 15.0. The molecule has 33 heavy (non-hydrogen) atoms. The average Bonchev–Trinajstić information content (AvgIpc) is 2.83. The molecule has 6 atom stereocenters. The number of allylic oxidation sites excluding steroid dienone is 2. The van der Waals surface area contributed by atoms with Crippen LogP contribution in [0.5, 0.6) is 0 Å². The van der Waals surface area contributed by atoms with E-state index in [4.69, 9.17) is 5.73 Å². The minimum Gasteiger partial charge on any atom is -0.402 e. The van der Waals surface area contributed by atoms with Crippen LogP contribution >= 0.6 is 0 Å². The van der Waals surface area contributed by atoms with Gasteiger partial charge in [-0.15, -0.1) is 0 Å². The molecule has 3 rings (SSSR count). The molecule has 2 unspecified atom stereocenters. The summed E-state index contributed by atoms with van der Waals surface area (Å²) in [6, 6.07) is 11.5. The summed E-state index contributed by atoms with van der Waals surface area (Å²) in [5.74, 6) is 3.53. The van der Waals surface area contributed by atoms with Gasteiger partial charge < -0.3 is 5.73 Å². The van der Waals surface area contributed by atoms with Crippen molar-refractivity contribution in [1.82, 2.24) is 0 Å². The number of nitrogens with two attached hydrogens (primary N) is 1. The van der Waals surface area contributed by atoms with Crippen molar-refractivity contribution in [1.29, 1.82) is 5.26 Å². The first-order valence-electron chi connectivity index (χ1n) is 13.5. The van der Waals surface area contributed by atoms with Crippen molar-refractivity contribution in [3.63, 3.8) is 0 Å². The van der Waals surface area contributed by atoms with Gasteiger partial charge in [-0.1, -0.05) is 89.6 Å². The first kappa shape index (κ1) is 29.0. The fourth-order valence-electron chi connectivity index (χ4n) is 6.32.